The Morgan fingerprint density at radius 1 is 1.14 bits per heavy atom. The van der Waals surface area contributed by atoms with Gasteiger partial charge in [-0.1, -0.05) is 12.1 Å². The Balaban J connectivity index is 1.95. The quantitative estimate of drug-likeness (QED) is 0.754. The zero-order valence-electron chi connectivity index (χ0n) is 7.73. The van der Waals surface area contributed by atoms with Gasteiger partial charge in [-0.2, -0.15) is 0 Å². The molecule has 1 aromatic carbocycles. The van der Waals surface area contributed by atoms with Gasteiger partial charge >= 0.3 is 0 Å². The molecule has 2 nitrogen and oxygen atoms in total. The van der Waals surface area contributed by atoms with Crippen molar-refractivity contribution in [1.29, 1.82) is 0 Å². The summed E-state index contributed by atoms with van der Waals surface area (Å²) in [5.41, 5.74) is 7.65. The fraction of sp³-hybridized carbons (Fsp3) is 0.0909. The van der Waals surface area contributed by atoms with Gasteiger partial charge in [0.05, 0.1) is 5.00 Å². The number of rotatable bonds is 3. The molecule has 0 unspecified atom stereocenters. The molecule has 2 aromatic rings. The molecule has 0 saturated heterocycles. The van der Waals surface area contributed by atoms with Gasteiger partial charge in [-0.05, 0) is 35.2 Å². The van der Waals surface area contributed by atoms with E-state index in [0.29, 0.717) is 0 Å². The van der Waals surface area contributed by atoms with Crippen LogP contribution in [0.15, 0.2) is 41.8 Å². The number of nitrogens with two attached hydrogens (primary N) is 1. The van der Waals surface area contributed by atoms with Crippen molar-refractivity contribution < 1.29 is 0 Å². The van der Waals surface area contributed by atoms with Crippen LogP contribution in [0.2, 0.25) is 0 Å². The molecule has 0 radical (unpaired) electrons. The molecule has 0 amide bonds. The van der Waals surface area contributed by atoms with Crippen molar-refractivity contribution in [2.24, 2.45) is 0 Å². The fourth-order valence-electron chi connectivity index (χ4n) is 1.20. The number of thiophene rings is 1. The second kappa shape index (κ2) is 4.15. The predicted molar refractivity (Wildman–Crippen MR) is 62.5 cm³/mol. The van der Waals surface area contributed by atoms with Gasteiger partial charge in [0, 0.05) is 12.2 Å². The second-order valence-electron chi connectivity index (χ2n) is 3.07. The van der Waals surface area contributed by atoms with Crippen molar-refractivity contribution in [3.63, 3.8) is 0 Å². The third-order valence-corrected chi connectivity index (χ3v) is 2.80. The van der Waals surface area contributed by atoms with Crippen LogP contribution >= 0.6 is 11.3 Å². The van der Waals surface area contributed by atoms with Gasteiger partial charge in [0.1, 0.15) is 0 Å². The highest BCUT2D eigenvalue weighted by Gasteiger charge is 1.93. The lowest BCUT2D eigenvalue weighted by Crippen LogP contribution is -1.97. The number of benzene rings is 1. The van der Waals surface area contributed by atoms with E-state index in [-0.39, 0.29) is 0 Å². The number of hydrogen-bond acceptors (Lipinski definition) is 3. The lowest BCUT2D eigenvalue weighted by Gasteiger charge is -2.03. The Kier molecular flexibility index (Phi) is 2.70. The first-order valence-corrected chi connectivity index (χ1v) is 5.34. The summed E-state index contributed by atoms with van der Waals surface area (Å²) in [6.07, 6.45) is 0. The maximum absolute atomic E-state index is 5.60. The van der Waals surface area contributed by atoms with Crippen LogP contribution < -0.4 is 11.1 Å². The molecule has 1 heterocycles. The summed E-state index contributed by atoms with van der Waals surface area (Å²) in [5.74, 6) is 0. The lowest BCUT2D eigenvalue weighted by molar-refractivity contribution is 1.16. The number of nitrogens with one attached hydrogen (secondary N) is 1. The zero-order valence-corrected chi connectivity index (χ0v) is 8.55. The van der Waals surface area contributed by atoms with Crippen molar-refractivity contribution >= 4 is 22.0 Å². The Labute approximate surface area is 87.4 Å². The summed E-state index contributed by atoms with van der Waals surface area (Å²) in [6.45, 7) is 0.848. The summed E-state index contributed by atoms with van der Waals surface area (Å²) in [4.78, 5) is 0. The molecular formula is C11H12N2S. The van der Waals surface area contributed by atoms with Gasteiger partial charge in [0.2, 0.25) is 0 Å². The molecule has 0 aliphatic heterocycles. The van der Waals surface area contributed by atoms with Crippen molar-refractivity contribution in [3.05, 3.63) is 47.3 Å². The van der Waals surface area contributed by atoms with Gasteiger partial charge in [-0.15, -0.1) is 11.3 Å². The highest BCUT2D eigenvalue weighted by Crippen LogP contribution is 2.16. The van der Waals surface area contributed by atoms with E-state index in [9.17, 15) is 0 Å². The van der Waals surface area contributed by atoms with Crippen molar-refractivity contribution in [3.8, 4) is 0 Å². The van der Waals surface area contributed by atoms with Gasteiger partial charge < -0.3 is 11.1 Å². The molecule has 0 saturated carbocycles. The normalized spacial score (nSPS) is 10.0. The van der Waals surface area contributed by atoms with Crippen LogP contribution in [0.4, 0.5) is 10.7 Å². The van der Waals surface area contributed by atoms with E-state index < -0.39 is 0 Å². The summed E-state index contributed by atoms with van der Waals surface area (Å²) >= 11 is 1.71. The van der Waals surface area contributed by atoms with E-state index in [1.54, 1.807) is 11.3 Å². The second-order valence-corrected chi connectivity index (χ2v) is 4.02. The smallest absolute Gasteiger partial charge is 0.0885 e. The topological polar surface area (TPSA) is 38.0 Å². The maximum Gasteiger partial charge on any atom is 0.0885 e. The van der Waals surface area contributed by atoms with Gasteiger partial charge in [0.15, 0.2) is 0 Å². The largest absolute Gasteiger partial charge is 0.399 e. The van der Waals surface area contributed by atoms with E-state index in [1.165, 1.54) is 10.6 Å². The monoisotopic (exact) mass is 204 g/mol. The highest BCUT2D eigenvalue weighted by molar-refractivity contribution is 7.14. The fourth-order valence-corrected chi connectivity index (χ4v) is 1.82. The predicted octanol–water partition coefficient (Wildman–Crippen LogP) is 2.94. The number of anilines is 2. The number of hydrogen-bond donors (Lipinski definition) is 2. The van der Waals surface area contributed by atoms with Crippen molar-refractivity contribution in [1.82, 2.24) is 0 Å². The first-order chi connectivity index (χ1) is 6.84. The summed E-state index contributed by atoms with van der Waals surface area (Å²) in [7, 11) is 0. The SMILES string of the molecule is Nc1ccc(CNc2cccs2)cc1. The summed E-state index contributed by atoms with van der Waals surface area (Å²) < 4.78 is 0. The van der Waals surface area contributed by atoms with E-state index in [4.69, 9.17) is 5.73 Å². The number of nitrogen functional groups attached to an aromatic ring is 1. The summed E-state index contributed by atoms with van der Waals surface area (Å²) in [5, 5.41) is 6.60. The molecule has 0 aliphatic rings. The van der Waals surface area contributed by atoms with E-state index in [0.717, 1.165) is 12.2 Å². The van der Waals surface area contributed by atoms with Crippen LogP contribution in [-0.4, -0.2) is 0 Å². The maximum atomic E-state index is 5.60. The molecule has 0 fully saturated rings. The van der Waals surface area contributed by atoms with Gasteiger partial charge in [0.25, 0.3) is 0 Å². The van der Waals surface area contributed by atoms with E-state index in [1.807, 2.05) is 30.3 Å². The highest BCUT2D eigenvalue weighted by atomic mass is 32.1. The molecule has 3 N–H and O–H groups in total. The molecule has 0 bridgehead atoms. The standard InChI is InChI=1S/C11H12N2S/c12-10-5-3-9(4-6-10)8-13-11-2-1-7-14-11/h1-7,13H,8,12H2. The van der Waals surface area contributed by atoms with Crippen LogP contribution in [-0.2, 0) is 6.54 Å². The molecule has 14 heavy (non-hydrogen) atoms. The first kappa shape index (κ1) is 9.09. The van der Waals surface area contributed by atoms with Crippen molar-refractivity contribution in [2.75, 3.05) is 11.1 Å². The molecule has 1 aromatic heterocycles. The Bertz CT molecular complexity index is 378. The third-order valence-electron chi connectivity index (χ3n) is 1.97. The Morgan fingerprint density at radius 2 is 1.93 bits per heavy atom. The molecule has 72 valence electrons. The van der Waals surface area contributed by atoms with Crippen LogP contribution in [0.25, 0.3) is 0 Å². The minimum absolute atomic E-state index is 0.810. The molecule has 0 atom stereocenters. The van der Waals surface area contributed by atoms with Crippen LogP contribution in [0.3, 0.4) is 0 Å². The van der Waals surface area contributed by atoms with Crippen LogP contribution in [0.5, 0.6) is 0 Å². The average Bonchev–Trinajstić information content (AvgIpc) is 2.70. The van der Waals surface area contributed by atoms with Crippen LogP contribution in [0, 0.1) is 0 Å². The molecule has 3 heteroatoms. The molecule has 0 spiro atoms. The van der Waals surface area contributed by atoms with Gasteiger partial charge in [-0.3, -0.25) is 0 Å². The van der Waals surface area contributed by atoms with E-state index >= 15 is 0 Å². The minimum Gasteiger partial charge on any atom is -0.399 e. The molecular weight excluding hydrogens is 192 g/mol. The van der Waals surface area contributed by atoms with Gasteiger partial charge in [-0.25, -0.2) is 0 Å². The third kappa shape index (κ3) is 2.26. The average molecular weight is 204 g/mol. The first-order valence-electron chi connectivity index (χ1n) is 4.46. The Hall–Kier alpha value is -1.48. The summed E-state index contributed by atoms with van der Waals surface area (Å²) in [6, 6.07) is 12.0. The van der Waals surface area contributed by atoms with E-state index in [2.05, 4.69) is 16.8 Å². The lowest BCUT2D eigenvalue weighted by atomic mass is 10.2. The zero-order chi connectivity index (χ0) is 9.80. The van der Waals surface area contributed by atoms with Crippen LogP contribution in [0.1, 0.15) is 5.56 Å². The molecule has 2 rings (SSSR count). The molecule has 0 aliphatic carbocycles. The Morgan fingerprint density at radius 3 is 2.57 bits per heavy atom. The minimum atomic E-state index is 0.810. The van der Waals surface area contributed by atoms with Crippen molar-refractivity contribution in [2.45, 2.75) is 6.54 Å².